The quantitative estimate of drug-likeness (QED) is 0.190. The number of benzene rings is 1. The molecule has 0 saturated carbocycles. The molecule has 2 atom stereocenters. The molecule has 0 aliphatic carbocycles. The second-order valence-electron chi connectivity index (χ2n) is 7.87. The number of amides is 1. The fourth-order valence-corrected chi connectivity index (χ4v) is 3.28. The number of hydrogen-bond donors (Lipinski definition) is 3. The van der Waals surface area contributed by atoms with Gasteiger partial charge in [-0.2, -0.15) is 0 Å². The Morgan fingerprint density at radius 3 is 2.17 bits per heavy atom. The van der Waals surface area contributed by atoms with Crippen LogP contribution in [0.2, 0.25) is 0 Å². The molecule has 1 aromatic rings. The lowest BCUT2D eigenvalue weighted by molar-refractivity contribution is -0.122. The first-order chi connectivity index (χ1) is 14.7. The SMILES string of the molecule is CCCCCCCCCCCCNC[C@H](O)[C@@H](C=O)NC(=O)/C=C/c1ccccc1. The summed E-state index contributed by atoms with van der Waals surface area (Å²) in [5.41, 5.74) is 0.897. The molecular formula is C25H40N2O3. The highest BCUT2D eigenvalue weighted by atomic mass is 16.3. The van der Waals surface area contributed by atoms with E-state index >= 15 is 0 Å². The van der Waals surface area contributed by atoms with E-state index in [0.29, 0.717) is 6.29 Å². The van der Waals surface area contributed by atoms with Crippen LogP contribution in [-0.4, -0.2) is 42.5 Å². The summed E-state index contributed by atoms with van der Waals surface area (Å²) < 4.78 is 0. The Kier molecular flexibility index (Phi) is 15.5. The Morgan fingerprint density at radius 1 is 0.967 bits per heavy atom. The summed E-state index contributed by atoms with van der Waals surface area (Å²) in [5.74, 6) is -0.398. The summed E-state index contributed by atoms with van der Waals surface area (Å²) in [6.45, 7) is 3.33. The number of nitrogens with one attached hydrogen (secondary N) is 2. The summed E-state index contributed by atoms with van der Waals surface area (Å²) >= 11 is 0. The maximum Gasteiger partial charge on any atom is 0.244 e. The molecule has 0 aliphatic heterocycles. The van der Waals surface area contributed by atoms with Crippen molar-refractivity contribution in [3.8, 4) is 0 Å². The van der Waals surface area contributed by atoms with Crippen molar-refractivity contribution < 1.29 is 14.7 Å². The van der Waals surface area contributed by atoms with Crippen LogP contribution in [0.4, 0.5) is 0 Å². The Balaban J connectivity index is 2.08. The van der Waals surface area contributed by atoms with Gasteiger partial charge in [-0.25, -0.2) is 0 Å². The van der Waals surface area contributed by atoms with E-state index < -0.39 is 18.1 Å². The highest BCUT2D eigenvalue weighted by Crippen LogP contribution is 2.10. The van der Waals surface area contributed by atoms with E-state index in [1.54, 1.807) is 6.08 Å². The number of unbranched alkanes of at least 4 members (excludes halogenated alkanes) is 9. The zero-order chi connectivity index (χ0) is 21.9. The number of rotatable bonds is 18. The molecule has 0 radical (unpaired) electrons. The number of aldehydes is 1. The van der Waals surface area contributed by atoms with Crippen LogP contribution in [0.25, 0.3) is 6.08 Å². The number of aliphatic hydroxyl groups excluding tert-OH is 1. The van der Waals surface area contributed by atoms with Crippen LogP contribution >= 0.6 is 0 Å². The zero-order valence-electron chi connectivity index (χ0n) is 18.5. The van der Waals surface area contributed by atoms with Gasteiger partial charge in [0.2, 0.25) is 5.91 Å². The Bertz CT molecular complexity index is 589. The van der Waals surface area contributed by atoms with Crippen molar-refractivity contribution in [2.45, 2.75) is 83.3 Å². The Hall–Kier alpha value is -1.98. The van der Waals surface area contributed by atoms with E-state index in [9.17, 15) is 14.7 Å². The largest absolute Gasteiger partial charge is 0.389 e. The minimum atomic E-state index is -0.945. The number of hydrogen-bond acceptors (Lipinski definition) is 4. The van der Waals surface area contributed by atoms with Crippen LogP contribution in [-0.2, 0) is 9.59 Å². The molecule has 0 heterocycles. The van der Waals surface area contributed by atoms with Crippen molar-refractivity contribution in [1.29, 1.82) is 0 Å². The van der Waals surface area contributed by atoms with Crippen molar-refractivity contribution in [2.24, 2.45) is 0 Å². The molecule has 1 aromatic carbocycles. The second-order valence-corrected chi connectivity index (χ2v) is 7.87. The van der Waals surface area contributed by atoms with Crippen molar-refractivity contribution in [3.63, 3.8) is 0 Å². The lowest BCUT2D eigenvalue weighted by atomic mass is 10.1. The maximum atomic E-state index is 12.0. The summed E-state index contributed by atoms with van der Waals surface area (Å²) in [5, 5.41) is 15.9. The van der Waals surface area contributed by atoms with Crippen molar-refractivity contribution >= 4 is 18.3 Å². The van der Waals surface area contributed by atoms with E-state index in [2.05, 4.69) is 17.6 Å². The van der Waals surface area contributed by atoms with E-state index in [-0.39, 0.29) is 6.54 Å². The average Bonchev–Trinajstić information content (AvgIpc) is 2.77. The van der Waals surface area contributed by atoms with Crippen LogP contribution in [0, 0.1) is 0 Å². The van der Waals surface area contributed by atoms with Crippen LogP contribution in [0.15, 0.2) is 36.4 Å². The lowest BCUT2D eigenvalue weighted by Gasteiger charge is -2.19. The Morgan fingerprint density at radius 2 is 1.57 bits per heavy atom. The first kappa shape index (κ1) is 26.1. The molecule has 0 fully saturated rings. The first-order valence-corrected chi connectivity index (χ1v) is 11.5. The summed E-state index contributed by atoms with van der Waals surface area (Å²) in [7, 11) is 0. The molecule has 0 saturated heterocycles. The highest BCUT2D eigenvalue weighted by Gasteiger charge is 2.19. The van der Waals surface area contributed by atoms with Gasteiger partial charge < -0.3 is 20.5 Å². The van der Waals surface area contributed by atoms with Crippen LogP contribution < -0.4 is 10.6 Å². The first-order valence-electron chi connectivity index (χ1n) is 11.5. The van der Waals surface area contributed by atoms with Gasteiger partial charge >= 0.3 is 0 Å². The normalized spacial score (nSPS) is 13.3. The average molecular weight is 417 g/mol. The molecule has 0 aromatic heterocycles. The fourth-order valence-electron chi connectivity index (χ4n) is 3.28. The summed E-state index contributed by atoms with van der Waals surface area (Å²) in [6.07, 6.45) is 15.5. The molecule has 1 amide bonds. The van der Waals surface area contributed by atoms with Crippen LogP contribution in [0.1, 0.15) is 76.7 Å². The van der Waals surface area contributed by atoms with Gasteiger partial charge in [-0.1, -0.05) is 95.0 Å². The minimum absolute atomic E-state index is 0.281. The summed E-state index contributed by atoms with van der Waals surface area (Å²) in [4.78, 5) is 23.2. The number of carbonyl (C=O) groups excluding carboxylic acids is 2. The molecule has 168 valence electrons. The molecular weight excluding hydrogens is 376 g/mol. The molecule has 0 unspecified atom stereocenters. The van der Waals surface area contributed by atoms with Gasteiger partial charge in [0, 0.05) is 12.6 Å². The molecule has 0 aliphatic rings. The summed E-state index contributed by atoms with van der Waals surface area (Å²) in [6, 6.07) is 8.52. The van der Waals surface area contributed by atoms with Crippen molar-refractivity contribution in [2.75, 3.05) is 13.1 Å². The molecule has 3 N–H and O–H groups in total. The van der Waals surface area contributed by atoms with E-state index in [4.69, 9.17) is 0 Å². The van der Waals surface area contributed by atoms with E-state index in [1.807, 2.05) is 30.3 Å². The third-order valence-corrected chi connectivity index (χ3v) is 5.16. The molecule has 5 nitrogen and oxygen atoms in total. The third-order valence-electron chi connectivity index (χ3n) is 5.16. The topological polar surface area (TPSA) is 78.4 Å². The molecule has 30 heavy (non-hydrogen) atoms. The van der Waals surface area contributed by atoms with Gasteiger partial charge in [-0.05, 0) is 24.6 Å². The van der Waals surface area contributed by atoms with Crippen LogP contribution in [0.5, 0.6) is 0 Å². The monoisotopic (exact) mass is 416 g/mol. The van der Waals surface area contributed by atoms with Gasteiger partial charge in [0.15, 0.2) is 0 Å². The molecule has 0 spiro atoms. The van der Waals surface area contributed by atoms with Gasteiger partial charge in [-0.15, -0.1) is 0 Å². The predicted molar refractivity (Wildman–Crippen MR) is 124 cm³/mol. The molecule has 5 heteroatoms. The maximum absolute atomic E-state index is 12.0. The van der Waals surface area contributed by atoms with Gasteiger partial charge in [0.05, 0.1) is 6.10 Å². The fraction of sp³-hybridized carbons (Fsp3) is 0.600. The van der Waals surface area contributed by atoms with E-state index in [1.165, 1.54) is 63.9 Å². The third kappa shape index (κ3) is 13.3. The molecule has 0 bridgehead atoms. The lowest BCUT2D eigenvalue weighted by Crippen LogP contribution is -2.48. The second kappa shape index (κ2) is 17.8. The van der Waals surface area contributed by atoms with Crippen molar-refractivity contribution in [3.05, 3.63) is 42.0 Å². The van der Waals surface area contributed by atoms with Gasteiger partial charge in [0.25, 0.3) is 0 Å². The zero-order valence-corrected chi connectivity index (χ0v) is 18.5. The minimum Gasteiger partial charge on any atom is -0.389 e. The van der Waals surface area contributed by atoms with Crippen LogP contribution in [0.3, 0.4) is 0 Å². The number of carbonyl (C=O) groups is 2. The van der Waals surface area contributed by atoms with E-state index in [0.717, 1.165) is 18.5 Å². The van der Waals surface area contributed by atoms with Crippen molar-refractivity contribution in [1.82, 2.24) is 10.6 Å². The van der Waals surface area contributed by atoms with Gasteiger partial charge in [0.1, 0.15) is 12.3 Å². The molecule has 1 rings (SSSR count). The highest BCUT2D eigenvalue weighted by molar-refractivity contribution is 5.93. The standard InChI is InChI=1S/C25H40N2O3/c1-2-3-4-5-6-7-8-9-10-14-19-26-20-24(29)23(21-28)27-25(30)18-17-22-15-12-11-13-16-22/h11-13,15-18,21,23-24,26,29H,2-10,14,19-20H2,1H3,(H,27,30)/b18-17+/t23-,24+/m1/s1. The predicted octanol–water partition coefficient (Wildman–Crippen LogP) is 4.25. The van der Waals surface area contributed by atoms with Gasteiger partial charge in [-0.3, -0.25) is 4.79 Å². The smallest absolute Gasteiger partial charge is 0.244 e. The number of aliphatic hydroxyl groups is 1. The Labute approximate surface area is 182 Å².